The highest BCUT2D eigenvalue weighted by Gasteiger charge is 2.20. The third-order valence-electron chi connectivity index (χ3n) is 2.49. The summed E-state index contributed by atoms with van der Waals surface area (Å²) in [6.45, 7) is 0. The molecule has 0 aliphatic heterocycles. The molecule has 0 fully saturated rings. The average molecular weight is 248 g/mol. The number of benzene rings is 1. The first-order valence-electron chi connectivity index (χ1n) is 5.14. The molecule has 94 valence electrons. The molecule has 0 saturated heterocycles. The fourth-order valence-corrected chi connectivity index (χ4v) is 1.68. The van der Waals surface area contributed by atoms with Gasteiger partial charge in [-0.25, -0.2) is 0 Å². The summed E-state index contributed by atoms with van der Waals surface area (Å²) in [6, 6.07) is 5.24. The van der Waals surface area contributed by atoms with E-state index in [1.54, 1.807) is 18.2 Å². The van der Waals surface area contributed by atoms with Crippen molar-refractivity contribution in [3.8, 4) is 22.8 Å². The van der Waals surface area contributed by atoms with Crippen molar-refractivity contribution in [3.05, 3.63) is 30.0 Å². The van der Waals surface area contributed by atoms with Crippen molar-refractivity contribution in [2.24, 2.45) is 5.73 Å². The second-order valence-corrected chi connectivity index (χ2v) is 3.48. The number of para-hydroxylation sites is 1. The molecule has 1 aromatic heterocycles. The zero-order valence-corrected chi connectivity index (χ0v) is 9.97. The lowest BCUT2D eigenvalue weighted by atomic mass is 10.1. The lowest BCUT2D eigenvalue weighted by Crippen LogP contribution is -2.11. The van der Waals surface area contributed by atoms with Crippen LogP contribution in [-0.4, -0.2) is 25.3 Å². The monoisotopic (exact) mass is 248 g/mol. The highest BCUT2D eigenvalue weighted by atomic mass is 16.5. The van der Waals surface area contributed by atoms with Crippen molar-refractivity contribution in [2.75, 3.05) is 14.2 Å². The molecule has 0 spiro atoms. The van der Waals surface area contributed by atoms with Gasteiger partial charge in [-0.1, -0.05) is 11.2 Å². The van der Waals surface area contributed by atoms with Gasteiger partial charge in [-0.3, -0.25) is 4.79 Å². The van der Waals surface area contributed by atoms with Crippen molar-refractivity contribution in [1.82, 2.24) is 5.16 Å². The maximum Gasteiger partial charge on any atom is 0.254 e. The predicted octanol–water partition coefficient (Wildman–Crippen LogP) is 1.46. The SMILES string of the molecule is COc1cccc(-c2nocc2C(N)=O)c1OC. The molecule has 2 N–H and O–H groups in total. The molecule has 2 aromatic rings. The Hall–Kier alpha value is -2.50. The molecule has 0 radical (unpaired) electrons. The number of amides is 1. The Morgan fingerprint density at radius 3 is 2.72 bits per heavy atom. The number of aromatic nitrogens is 1. The van der Waals surface area contributed by atoms with E-state index in [9.17, 15) is 4.79 Å². The Labute approximate surface area is 103 Å². The Morgan fingerprint density at radius 2 is 2.11 bits per heavy atom. The fourth-order valence-electron chi connectivity index (χ4n) is 1.68. The number of hydrogen-bond donors (Lipinski definition) is 1. The van der Waals surface area contributed by atoms with Crippen LogP contribution in [-0.2, 0) is 0 Å². The van der Waals surface area contributed by atoms with Gasteiger partial charge in [0.1, 0.15) is 17.5 Å². The molecule has 0 saturated carbocycles. The maximum atomic E-state index is 11.3. The quantitative estimate of drug-likeness (QED) is 0.884. The largest absolute Gasteiger partial charge is 0.493 e. The van der Waals surface area contributed by atoms with Gasteiger partial charge in [0.05, 0.1) is 19.8 Å². The van der Waals surface area contributed by atoms with E-state index in [-0.39, 0.29) is 5.56 Å². The average Bonchev–Trinajstić information content (AvgIpc) is 2.86. The van der Waals surface area contributed by atoms with E-state index in [0.717, 1.165) is 0 Å². The van der Waals surface area contributed by atoms with Gasteiger partial charge in [-0.2, -0.15) is 0 Å². The number of nitrogens with two attached hydrogens (primary N) is 1. The van der Waals surface area contributed by atoms with Crippen molar-refractivity contribution < 1.29 is 18.8 Å². The highest BCUT2D eigenvalue weighted by Crippen LogP contribution is 2.38. The summed E-state index contributed by atoms with van der Waals surface area (Å²) < 4.78 is 15.2. The van der Waals surface area contributed by atoms with Crippen LogP contribution in [0.25, 0.3) is 11.3 Å². The minimum Gasteiger partial charge on any atom is -0.493 e. The van der Waals surface area contributed by atoms with E-state index < -0.39 is 5.91 Å². The molecule has 1 amide bonds. The first kappa shape index (κ1) is 12.0. The zero-order chi connectivity index (χ0) is 13.1. The molecule has 2 rings (SSSR count). The Kier molecular flexibility index (Phi) is 3.18. The Bertz CT molecular complexity index is 577. The van der Waals surface area contributed by atoms with Crippen LogP contribution in [0.1, 0.15) is 10.4 Å². The van der Waals surface area contributed by atoms with Crippen LogP contribution in [0.2, 0.25) is 0 Å². The summed E-state index contributed by atoms with van der Waals surface area (Å²) in [6.07, 6.45) is 1.20. The number of primary amides is 1. The van der Waals surface area contributed by atoms with Crippen LogP contribution in [0.15, 0.2) is 29.0 Å². The number of hydrogen-bond acceptors (Lipinski definition) is 5. The third kappa shape index (κ3) is 1.88. The number of ether oxygens (including phenoxy) is 2. The normalized spacial score (nSPS) is 10.1. The highest BCUT2D eigenvalue weighted by molar-refractivity contribution is 5.99. The maximum absolute atomic E-state index is 11.3. The smallest absolute Gasteiger partial charge is 0.254 e. The van der Waals surface area contributed by atoms with Crippen molar-refractivity contribution >= 4 is 5.91 Å². The van der Waals surface area contributed by atoms with Crippen molar-refractivity contribution in [3.63, 3.8) is 0 Å². The van der Waals surface area contributed by atoms with E-state index >= 15 is 0 Å². The van der Waals surface area contributed by atoms with E-state index in [2.05, 4.69) is 5.16 Å². The van der Waals surface area contributed by atoms with Gasteiger partial charge in [0.25, 0.3) is 5.91 Å². The summed E-state index contributed by atoms with van der Waals surface area (Å²) in [7, 11) is 3.03. The van der Waals surface area contributed by atoms with Gasteiger partial charge in [-0.05, 0) is 12.1 Å². The molecule has 0 aliphatic rings. The van der Waals surface area contributed by atoms with E-state index in [0.29, 0.717) is 22.8 Å². The molecule has 1 heterocycles. The van der Waals surface area contributed by atoms with Gasteiger partial charge in [-0.15, -0.1) is 0 Å². The molecule has 6 heteroatoms. The molecular formula is C12H12N2O4. The second-order valence-electron chi connectivity index (χ2n) is 3.48. The van der Waals surface area contributed by atoms with E-state index in [1.165, 1.54) is 20.5 Å². The van der Waals surface area contributed by atoms with Crippen LogP contribution in [0.3, 0.4) is 0 Å². The summed E-state index contributed by atoms with van der Waals surface area (Å²) >= 11 is 0. The molecule has 1 aromatic carbocycles. The van der Waals surface area contributed by atoms with Crippen molar-refractivity contribution in [2.45, 2.75) is 0 Å². The van der Waals surface area contributed by atoms with Gasteiger partial charge in [0, 0.05) is 0 Å². The standard InChI is InChI=1S/C12H12N2O4/c1-16-9-5-3-4-7(11(9)17-2)10-8(12(13)15)6-18-14-10/h3-6H,1-2H3,(H2,13,15). The first-order valence-corrected chi connectivity index (χ1v) is 5.14. The molecule has 0 atom stereocenters. The number of carbonyl (C=O) groups excluding carboxylic acids is 1. The Balaban J connectivity index is 2.63. The molecule has 18 heavy (non-hydrogen) atoms. The summed E-state index contributed by atoms with van der Waals surface area (Å²) in [5.41, 5.74) is 6.36. The number of nitrogens with zero attached hydrogens (tertiary/aromatic N) is 1. The van der Waals surface area contributed by atoms with Gasteiger partial charge in [0.15, 0.2) is 11.5 Å². The topological polar surface area (TPSA) is 87.6 Å². The second kappa shape index (κ2) is 4.79. The molecule has 0 unspecified atom stereocenters. The number of methoxy groups -OCH3 is 2. The number of carbonyl (C=O) groups is 1. The molecule has 0 bridgehead atoms. The van der Waals surface area contributed by atoms with Crippen LogP contribution in [0.4, 0.5) is 0 Å². The van der Waals surface area contributed by atoms with Crippen LogP contribution in [0.5, 0.6) is 11.5 Å². The first-order chi connectivity index (χ1) is 8.69. The third-order valence-corrected chi connectivity index (χ3v) is 2.49. The van der Waals surface area contributed by atoms with Crippen LogP contribution >= 0.6 is 0 Å². The Morgan fingerprint density at radius 1 is 1.33 bits per heavy atom. The molecule has 6 nitrogen and oxygen atoms in total. The van der Waals surface area contributed by atoms with E-state index in [4.69, 9.17) is 19.7 Å². The lowest BCUT2D eigenvalue weighted by molar-refractivity contribution is 0.1000. The summed E-state index contributed by atoms with van der Waals surface area (Å²) in [5.74, 6) is 0.390. The van der Waals surface area contributed by atoms with Gasteiger partial charge in [0.2, 0.25) is 0 Å². The fraction of sp³-hybridized carbons (Fsp3) is 0.167. The number of rotatable bonds is 4. The lowest BCUT2D eigenvalue weighted by Gasteiger charge is -2.11. The van der Waals surface area contributed by atoms with Crippen LogP contribution < -0.4 is 15.2 Å². The molecule has 0 aliphatic carbocycles. The summed E-state index contributed by atoms with van der Waals surface area (Å²) in [4.78, 5) is 11.3. The zero-order valence-electron chi connectivity index (χ0n) is 9.97. The predicted molar refractivity (Wildman–Crippen MR) is 63.6 cm³/mol. The minimum atomic E-state index is -0.615. The van der Waals surface area contributed by atoms with Gasteiger partial charge >= 0.3 is 0 Å². The summed E-state index contributed by atoms with van der Waals surface area (Å²) in [5, 5.41) is 3.78. The van der Waals surface area contributed by atoms with Crippen LogP contribution in [0, 0.1) is 0 Å². The minimum absolute atomic E-state index is 0.196. The molecular weight excluding hydrogens is 236 g/mol. The van der Waals surface area contributed by atoms with Crippen molar-refractivity contribution in [1.29, 1.82) is 0 Å². The van der Waals surface area contributed by atoms with Gasteiger partial charge < -0.3 is 19.7 Å². The van der Waals surface area contributed by atoms with E-state index in [1.807, 2.05) is 0 Å².